The van der Waals surface area contributed by atoms with E-state index < -0.39 is 47.7 Å². The molecular formula is C22H31NO9S. The third-order valence-corrected chi connectivity index (χ3v) is 5.67. The topological polar surface area (TPSA) is 138 Å². The maximum atomic E-state index is 12.7. The summed E-state index contributed by atoms with van der Waals surface area (Å²) in [6, 6.07) is -0.988. The summed E-state index contributed by atoms with van der Waals surface area (Å²) in [5, 5.41) is 10.5. The monoisotopic (exact) mass is 485 g/mol. The molecule has 33 heavy (non-hydrogen) atoms. The molecule has 0 bridgehead atoms. The molecule has 184 valence electrons. The molecule has 0 aromatic carbocycles. The smallest absolute Gasteiger partial charge is 0.303 e. The predicted molar refractivity (Wildman–Crippen MR) is 120 cm³/mol. The van der Waals surface area contributed by atoms with Crippen LogP contribution in [0.5, 0.6) is 0 Å². The summed E-state index contributed by atoms with van der Waals surface area (Å²) in [7, 11) is 0. The molecule has 11 heteroatoms. The van der Waals surface area contributed by atoms with Crippen LogP contribution in [-0.2, 0) is 38.1 Å². The van der Waals surface area contributed by atoms with Crippen LogP contribution in [0.25, 0.3) is 0 Å². The molecule has 0 radical (unpaired) electrons. The second-order valence-corrected chi connectivity index (χ2v) is 9.49. The third-order valence-electron chi connectivity index (χ3n) is 5.25. The van der Waals surface area contributed by atoms with Crippen LogP contribution in [0.3, 0.4) is 0 Å². The van der Waals surface area contributed by atoms with Crippen molar-refractivity contribution >= 4 is 42.0 Å². The first-order valence-electron chi connectivity index (χ1n) is 10.5. The minimum atomic E-state index is -1.15. The highest BCUT2D eigenvalue weighted by atomic mass is 32.1. The molecule has 0 aromatic rings. The minimum Gasteiger partial charge on any atom is -0.511 e. The summed E-state index contributed by atoms with van der Waals surface area (Å²) in [5.74, 6) is -2.24. The number of hydrogen-bond acceptors (Lipinski definition) is 11. The summed E-state index contributed by atoms with van der Waals surface area (Å²) < 4.78 is 21.6. The van der Waals surface area contributed by atoms with Gasteiger partial charge in [-0.25, -0.2) is 0 Å². The van der Waals surface area contributed by atoms with E-state index in [9.17, 15) is 24.3 Å². The fourth-order valence-electron chi connectivity index (χ4n) is 4.03. The molecule has 1 aliphatic carbocycles. The van der Waals surface area contributed by atoms with E-state index in [1.54, 1.807) is 6.92 Å². The molecule has 1 N–H and O–H groups in total. The van der Waals surface area contributed by atoms with Gasteiger partial charge in [-0.15, -0.1) is 12.6 Å². The molecule has 2 rings (SSSR count). The number of thiol groups is 1. The van der Waals surface area contributed by atoms with Crippen LogP contribution in [0.15, 0.2) is 16.3 Å². The number of ether oxygens (including phenoxy) is 4. The molecule has 10 nitrogen and oxygen atoms in total. The van der Waals surface area contributed by atoms with Crippen molar-refractivity contribution in [2.45, 2.75) is 84.2 Å². The van der Waals surface area contributed by atoms with Crippen molar-refractivity contribution in [1.82, 2.24) is 0 Å². The third kappa shape index (κ3) is 7.04. The number of esters is 3. The highest BCUT2D eigenvalue weighted by molar-refractivity contribution is 7.80. The fraction of sp³-hybridized carbons (Fsp3) is 0.682. The number of ketones is 1. The lowest BCUT2D eigenvalue weighted by atomic mass is 9.75. The van der Waals surface area contributed by atoms with Crippen LogP contribution in [0.2, 0.25) is 0 Å². The van der Waals surface area contributed by atoms with Gasteiger partial charge in [0.2, 0.25) is 0 Å². The van der Waals surface area contributed by atoms with Gasteiger partial charge in [-0.2, -0.15) is 0 Å². The van der Waals surface area contributed by atoms with Crippen LogP contribution in [0.4, 0.5) is 0 Å². The zero-order valence-corrected chi connectivity index (χ0v) is 20.5. The van der Waals surface area contributed by atoms with Gasteiger partial charge in [0.25, 0.3) is 0 Å². The molecule has 1 aliphatic heterocycles. The average Bonchev–Trinajstić information content (AvgIpc) is 2.62. The Bertz CT molecular complexity index is 879. The van der Waals surface area contributed by atoms with Crippen molar-refractivity contribution in [3.63, 3.8) is 0 Å². The molecule has 5 atom stereocenters. The normalized spacial score (nSPS) is 30.0. The molecule has 1 fully saturated rings. The van der Waals surface area contributed by atoms with Crippen molar-refractivity contribution in [3.05, 3.63) is 11.3 Å². The van der Waals surface area contributed by atoms with Gasteiger partial charge in [0.1, 0.15) is 29.9 Å². The first-order chi connectivity index (χ1) is 15.2. The van der Waals surface area contributed by atoms with E-state index in [4.69, 9.17) is 18.9 Å². The number of aliphatic hydroxyl groups is 1. The van der Waals surface area contributed by atoms with Crippen LogP contribution in [0.1, 0.15) is 54.4 Å². The van der Waals surface area contributed by atoms with Crippen molar-refractivity contribution in [2.24, 2.45) is 10.4 Å². The van der Waals surface area contributed by atoms with Crippen molar-refractivity contribution < 1.29 is 43.2 Å². The van der Waals surface area contributed by atoms with E-state index in [0.717, 1.165) is 0 Å². The molecule has 0 amide bonds. The second-order valence-electron chi connectivity index (χ2n) is 8.98. The van der Waals surface area contributed by atoms with Gasteiger partial charge in [-0.1, -0.05) is 13.8 Å². The Hall–Kier alpha value is -2.40. The van der Waals surface area contributed by atoms with Gasteiger partial charge in [0.15, 0.2) is 18.0 Å². The number of nitrogens with zero attached hydrogens (tertiary/aromatic N) is 1. The van der Waals surface area contributed by atoms with Crippen LogP contribution in [0, 0.1) is 5.41 Å². The predicted octanol–water partition coefficient (Wildman–Crippen LogP) is 2.10. The largest absolute Gasteiger partial charge is 0.511 e. The highest BCUT2D eigenvalue weighted by Gasteiger charge is 2.49. The van der Waals surface area contributed by atoms with Crippen LogP contribution in [-0.4, -0.2) is 70.9 Å². The van der Waals surface area contributed by atoms with E-state index in [0.29, 0.717) is 6.42 Å². The van der Waals surface area contributed by atoms with E-state index in [1.165, 1.54) is 20.8 Å². The number of aliphatic imine (C=N–C) groups is 1. The summed E-state index contributed by atoms with van der Waals surface area (Å²) in [6.45, 7) is 8.62. The van der Waals surface area contributed by atoms with Gasteiger partial charge in [-0.05, 0) is 12.3 Å². The maximum Gasteiger partial charge on any atom is 0.303 e. The molecule has 0 aromatic heterocycles. The maximum absolute atomic E-state index is 12.7. The van der Waals surface area contributed by atoms with Crippen molar-refractivity contribution in [1.29, 1.82) is 0 Å². The Morgan fingerprint density at radius 3 is 2.15 bits per heavy atom. The molecule has 0 spiro atoms. The van der Waals surface area contributed by atoms with E-state index in [-0.39, 0.29) is 41.3 Å². The van der Waals surface area contributed by atoms with Crippen LogP contribution >= 0.6 is 12.6 Å². The first-order valence-corrected chi connectivity index (χ1v) is 11.0. The Labute approximate surface area is 198 Å². The van der Waals surface area contributed by atoms with Crippen molar-refractivity contribution in [3.8, 4) is 0 Å². The SMILES string of the molecule is CC(=O)OC[C@H]1O[C@@H](S)[C@H](N=C(C)C2=C(O)CC(C)(C)CC2=O)[C@@H](OC(C)=O)[C@@H]1OC(C)=O. The standard InChI is InChI=1S/C22H31NO9S/c1-10(17-14(27)7-22(5,6)8-15(17)28)23-18-20(31-13(4)26)19(30-12(3)25)16(32-21(18)33)9-29-11(2)24/h16,18-21,27,33H,7-9H2,1-6H3/t16-,18-,19-,20-,21+/m1/s1. The Morgan fingerprint density at radius 1 is 1.06 bits per heavy atom. The number of aliphatic hydroxyl groups excluding tert-OH is 1. The lowest BCUT2D eigenvalue weighted by molar-refractivity contribution is -0.208. The van der Waals surface area contributed by atoms with E-state index >= 15 is 0 Å². The van der Waals surface area contributed by atoms with E-state index in [2.05, 4.69) is 17.6 Å². The van der Waals surface area contributed by atoms with Crippen molar-refractivity contribution in [2.75, 3.05) is 6.61 Å². The number of rotatable bonds is 6. The fourth-order valence-corrected chi connectivity index (χ4v) is 4.42. The number of carbonyl (C=O) groups is 4. The molecule has 0 saturated carbocycles. The molecule has 1 saturated heterocycles. The minimum absolute atomic E-state index is 0.0711. The van der Waals surface area contributed by atoms with Gasteiger partial charge in [0, 0.05) is 39.3 Å². The summed E-state index contributed by atoms with van der Waals surface area (Å²) >= 11 is 4.42. The van der Waals surface area contributed by atoms with Gasteiger partial charge >= 0.3 is 17.9 Å². The lowest BCUT2D eigenvalue weighted by Gasteiger charge is -2.42. The first kappa shape index (κ1) is 26.8. The molecule has 0 unspecified atom stereocenters. The van der Waals surface area contributed by atoms with Crippen LogP contribution < -0.4 is 0 Å². The molecular weight excluding hydrogens is 454 g/mol. The van der Waals surface area contributed by atoms with Gasteiger partial charge < -0.3 is 24.1 Å². The zero-order valence-electron chi connectivity index (χ0n) is 19.6. The molecule has 2 aliphatic rings. The summed E-state index contributed by atoms with van der Waals surface area (Å²) in [4.78, 5) is 52.1. The summed E-state index contributed by atoms with van der Waals surface area (Å²) in [6.07, 6.45) is -2.73. The molecule has 1 heterocycles. The Kier molecular flexibility index (Phi) is 8.69. The highest BCUT2D eigenvalue weighted by Crippen LogP contribution is 2.37. The Balaban J connectivity index is 2.46. The van der Waals surface area contributed by atoms with E-state index in [1.807, 2.05) is 13.8 Å². The number of Topliss-reactive ketones (excluding diaryl/α,β-unsaturated/α-hetero) is 1. The van der Waals surface area contributed by atoms with Gasteiger partial charge in [0.05, 0.1) is 5.57 Å². The second kappa shape index (κ2) is 10.7. The number of carbonyl (C=O) groups excluding carboxylic acids is 4. The zero-order chi connectivity index (χ0) is 25.1. The lowest BCUT2D eigenvalue weighted by Crippen LogP contribution is -2.59. The Morgan fingerprint density at radius 2 is 1.64 bits per heavy atom. The number of allylic oxidation sites excluding steroid dienone is 2. The number of hydrogen-bond donors (Lipinski definition) is 2. The quantitative estimate of drug-likeness (QED) is 0.251. The summed E-state index contributed by atoms with van der Waals surface area (Å²) in [5.41, 5.74) is -1.02. The van der Waals surface area contributed by atoms with Gasteiger partial charge in [-0.3, -0.25) is 24.2 Å². The average molecular weight is 486 g/mol.